The zero-order chi connectivity index (χ0) is 15.7. The molecule has 1 aromatic rings. The van der Waals surface area contributed by atoms with Gasteiger partial charge in [0, 0.05) is 19.5 Å². The number of carbonyl (C=O) groups excluding carboxylic acids is 1. The van der Waals surface area contributed by atoms with Crippen LogP contribution in [0, 0.1) is 13.8 Å². The highest BCUT2D eigenvalue weighted by Crippen LogP contribution is 2.28. The average molecular weight is 303 g/mol. The summed E-state index contributed by atoms with van der Waals surface area (Å²) in [4.78, 5) is 14.1. The van der Waals surface area contributed by atoms with E-state index in [1.807, 2.05) is 6.92 Å². The fourth-order valence-electron chi connectivity index (χ4n) is 3.49. The van der Waals surface area contributed by atoms with E-state index in [-0.39, 0.29) is 24.2 Å². The number of hydrogen-bond acceptors (Lipinski definition) is 4. The van der Waals surface area contributed by atoms with Gasteiger partial charge in [-0.15, -0.1) is 0 Å². The largest absolute Gasteiger partial charge is 0.490 e. The molecule has 0 amide bonds. The van der Waals surface area contributed by atoms with Crippen LogP contribution >= 0.6 is 0 Å². The predicted molar refractivity (Wildman–Crippen MR) is 85.1 cm³/mol. The maximum atomic E-state index is 11.9. The van der Waals surface area contributed by atoms with Gasteiger partial charge in [0.25, 0.3) is 0 Å². The number of para-hydroxylation sites is 1. The molecular formula is C18H25NO3. The molecule has 0 radical (unpaired) electrons. The van der Waals surface area contributed by atoms with Gasteiger partial charge in [-0.05, 0) is 44.7 Å². The van der Waals surface area contributed by atoms with Crippen molar-refractivity contribution in [1.82, 2.24) is 4.90 Å². The molecule has 2 aliphatic rings. The van der Waals surface area contributed by atoms with Crippen molar-refractivity contribution in [3.05, 3.63) is 29.3 Å². The number of carbonyl (C=O) groups is 1. The van der Waals surface area contributed by atoms with Gasteiger partial charge in [0.15, 0.2) is 0 Å². The number of benzene rings is 1. The molecule has 4 heteroatoms. The fourth-order valence-corrected chi connectivity index (χ4v) is 3.49. The highest BCUT2D eigenvalue weighted by atomic mass is 16.6. The number of nitrogens with zero attached hydrogens (tertiary/aromatic N) is 1. The lowest BCUT2D eigenvalue weighted by atomic mass is 10.0. The third-order valence-corrected chi connectivity index (χ3v) is 4.76. The van der Waals surface area contributed by atoms with Crippen LogP contribution in [0.25, 0.3) is 0 Å². The van der Waals surface area contributed by atoms with Crippen LogP contribution in [0.15, 0.2) is 18.2 Å². The molecule has 0 unspecified atom stereocenters. The Morgan fingerprint density at radius 2 is 1.82 bits per heavy atom. The van der Waals surface area contributed by atoms with E-state index in [1.165, 1.54) is 11.1 Å². The SMILES string of the molecule is Cc1cccc(C)c1OC1CCN([C@@H]2C[C@H](C)OC2=O)CC1. The van der Waals surface area contributed by atoms with Crippen molar-refractivity contribution in [2.75, 3.05) is 13.1 Å². The quantitative estimate of drug-likeness (QED) is 0.805. The summed E-state index contributed by atoms with van der Waals surface area (Å²) < 4.78 is 11.5. The molecule has 1 aromatic carbocycles. The molecule has 22 heavy (non-hydrogen) atoms. The number of likely N-dealkylation sites (tertiary alicyclic amines) is 1. The lowest BCUT2D eigenvalue weighted by Gasteiger charge is -2.34. The molecule has 2 heterocycles. The second kappa shape index (κ2) is 6.29. The topological polar surface area (TPSA) is 38.8 Å². The summed E-state index contributed by atoms with van der Waals surface area (Å²) in [6.45, 7) is 7.96. The van der Waals surface area contributed by atoms with E-state index in [0.717, 1.165) is 38.1 Å². The van der Waals surface area contributed by atoms with Gasteiger partial charge in [0.05, 0.1) is 0 Å². The smallest absolute Gasteiger partial charge is 0.323 e. The molecule has 120 valence electrons. The lowest BCUT2D eigenvalue weighted by molar-refractivity contribution is -0.145. The molecule has 4 nitrogen and oxygen atoms in total. The summed E-state index contributed by atoms with van der Waals surface area (Å²) in [5, 5.41) is 0. The number of cyclic esters (lactones) is 1. The van der Waals surface area contributed by atoms with E-state index in [4.69, 9.17) is 9.47 Å². The van der Waals surface area contributed by atoms with Crippen LogP contribution in [0.4, 0.5) is 0 Å². The predicted octanol–water partition coefficient (Wildman–Crippen LogP) is 2.85. The minimum Gasteiger partial charge on any atom is -0.490 e. The number of rotatable bonds is 3. The minimum atomic E-state index is -0.0541. The van der Waals surface area contributed by atoms with Crippen molar-refractivity contribution in [2.45, 2.75) is 58.3 Å². The molecule has 0 aliphatic carbocycles. The van der Waals surface area contributed by atoms with Crippen LogP contribution in [0.1, 0.15) is 37.3 Å². The van der Waals surface area contributed by atoms with Gasteiger partial charge in [-0.2, -0.15) is 0 Å². The number of esters is 1. The van der Waals surface area contributed by atoms with Crippen molar-refractivity contribution in [3.8, 4) is 5.75 Å². The molecular weight excluding hydrogens is 278 g/mol. The van der Waals surface area contributed by atoms with Crippen LogP contribution in [0.3, 0.4) is 0 Å². The van der Waals surface area contributed by atoms with Gasteiger partial charge in [-0.3, -0.25) is 9.69 Å². The normalized spacial score (nSPS) is 27.0. The molecule has 2 fully saturated rings. The van der Waals surface area contributed by atoms with Crippen LogP contribution in [0.2, 0.25) is 0 Å². The summed E-state index contributed by atoms with van der Waals surface area (Å²) in [6.07, 6.45) is 3.05. The zero-order valence-corrected chi connectivity index (χ0v) is 13.7. The Morgan fingerprint density at radius 1 is 1.18 bits per heavy atom. The van der Waals surface area contributed by atoms with Crippen LogP contribution in [0.5, 0.6) is 5.75 Å². The average Bonchev–Trinajstić information content (AvgIpc) is 2.83. The van der Waals surface area contributed by atoms with E-state index in [2.05, 4.69) is 36.9 Å². The summed E-state index contributed by atoms with van der Waals surface area (Å²) in [5.41, 5.74) is 2.38. The van der Waals surface area contributed by atoms with E-state index < -0.39 is 0 Å². The Balaban J connectivity index is 1.57. The second-order valence-electron chi connectivity index (χ2n) is 6.57. The summed E-state index contributed by atoms with van der Waals surface area (Å²) in [7, 11) is 0. The first-order valence-electron chi connectivity index (χ1n) is 8.22. The summed E-state index contributed by atoms with van der Waals surface area (Å²) >= 11 is 0. The van der Waals surface area contributed by atoms with Gasteiger partial charge >= 0.3 is 5.97 Å². The van der Waals surface area contributed by atoms with Gasteiger partial charge in [0.1, 0.15) is 24.0 Å². The Kier molecular flexibility index (Phi) is 4.39. The Morgan fingerprint density at radius 3 is 2.36 bits per heavy atom. The number of aryl methyl sites for hydroxylation is 2. The summed E-state index contributed by atoms with van der Waals surface area (Å²) in [5.74, 6) is 0.969. The molecule has 0 bridgehead atoms. The molecule has 2 aliphatic heterocycles. The Bertz CT molecular complexity index is 529. The molecule has 0 spiro atoms. The van der Waals surface area contributed by atoms with Crippen molar-refractivity contribution in [2.24, 2.45) is 0 Å². The molecule has 0 aromatic heterocycles. The standard InChI is InChI=1S/C18H25NO3/c1-12-5-4-6-13(2)17(12)22-15-7-9-19(10-8-15)16-11-14(3)21-18(16)20/h4-6,14-16H,7-11H2,1-3H3/t14-,16+/m0/s1. The van der Waals surface area contributed by atoms with Gasteiger partial charge < -0.3 is 9.47 Å². The third-order valence-electron chi connectivity index (χ3n) is 4.76. The van der Waals surface area contributed by atoms with Crippen LogP contribution in [-0.4, -0.2) is 42.2 Å². The van der Waals surface area contributed by atoms with Crippen LogP contribution < -0.4 is 4.74 Å². The lowest BCUT2D eigenvalue weighted by Crippen LogP contribution is -2.46. The van der Waals surface area contributed by atoms with E-state index in [0.29, 0.717) is 0 Å². The van der Waals surface area contributed by atoms with Gasteiger partial charge in [-0.1, -0.05) is 18.2 Å². The zero-order valence-electron chi connectivity index (χ0n) is 13.7. The summed E-state index contributed by atoms with van der Waals surface area (Å²) in [6, 6.07) is 6.20. The van der Waals surface area contributed by atoms with Crippen molar-refractivity contribution < 1.29 is 14.3 Å². The molecule has 3 rings (SSSR count). The van der Waals surface area contributed by atoms with Gasteiger partial charge in [-0.25, -0.2) is 0 Å². The van der Waals surface area contributed by atoms with Gasteiger partial charge in [0.2, 0.25) is 0 Å². The second-order valence-corrected chi connectivity index (χ2v) is 6.57. The maximum absolute atomic E-state index is 11.9. The van der Waals surface area contributed by atoms with E-state index >= 15 is 0 Å². The Hall–Kier alpha value is -1.55. The first kappa shape index (κ1) is 15.3. The van der Waals surface area contributed by atoms with Crippen LogP contribution in [-0.2, 0) is 9.53 Å². The highest BCUT2D eigenvalue weighted by molar-refractivity contribution is 5.78. The number of hydrogen-bond donors (Lipinski definition) is 0. The first-order chi connectivity index (χ1) is 10.5. The molecule has 2 atom stereocenters. The Labute approximate surface area is 132 Å². The molecule has 2 saturated heterocycles. The number of ether oxygens (including phenoxy) is 2. The van der Waals surface area contributed by atoms with E-state index in [9.17, 15) is 4.79 Å². The monoisotopic (exact) mass is 303 g/mol. The fraction of sp³-hybridized carbons (Fsp3) is 0.611. The molecule has 0 N–H and O–H groups in total. The van der Waals surface area contributed by atoms with E-state index in [1.54, 1.807) is 0 Å². The van der Waals surface area contributed by atoms with Crippen molar-refractivity contribution >= 4 is 5.97 Å². The molecule has 0 saturated carbocycles. The number of piperidine rings is 1. The first-order valence-corrected chi connectivity index (χ1v) is 8.22. The van der Waals surface area contributed by atoms with Crippen molar-refractivity contribution in [3.63, 3.8) is 0 Å². The maximum Gasteiger partial charge on any atom is 0.323 e. The minimum absolute atomic E-state index is 0.0452. The highest BCUT2D eigenvalue weighted by Gasteiger charge is 2.38. The third kappa shape index (κ3) is 3.12. The van der Waals surface area contributed by atoms with Crippen molar-refractivity contribution in [1.29, 1.82) is 0 Å².